The van der Waals surface area contributed by atoms with Crippen LogP contribution in [0.25, 0.3) is 16.9 Å². The van der Waals surface area contributed by atoms with E-state index in [1.807, 2.05) is 42.5 Å². The Labute approximate surface area is 239 Å². The molecule has 42 heavy (non-hydrogen) atoms. The van der Waals surface area contributed by atoms with Gasteiger partial charge in [0.25, 0.3) is 0 Å². The van der Waals surface area contributed by atoms with Crippen molar-refractivity contribution >= 4 is 22.9 Å². The average molecular weight is 575 g/mol. The third-order valence-electron chi connectivity index (χ3n) is 7.16. The fourth-order valence-electron chi connectivity index (χ4n) is 5.18. The Morgan fingerprint density at radius 1 is 0.929 bits per heavy atom. The Bertz CT molecular complexity index is 1710. The highest BCUT2D eigenvalue weighted by Gasteiger charge is 2.25. The zero-order valence-electron chi connectivity index (χ0n) is 22.7. The van der Waals surface area contributed by atoms with Crippen LogP contribution in [0.5, 0.6) is 11.5 Å². The molecular weight excluding hydrogens is 546 g/mol. The van der Waals surface area contributed by atoms with Crippen LogP contribution in [0.2, 0.25) is 0 Å². The summed E-state index contributed by atoms with van der Waals surface area (Å²) in [5.41, 5.74) is 2.67. The minimum atomic E-state index is -2.92. The zero-order valence-corrected chi connectivity index (χ0v) is 22.7. The van der Waals surface area contributed by atoms with Crippen LogP contribution in [-0.2, 0) is 6.54 Å². The largest absolute Gasteiger partial charge is 0.497 e. The first kappa shape index (κ1) is 27.1. The molecule has 0 amide bonds. The van der Waals surface area contributed by atoms with Gasteiger partial charge in [0, 0.05) is 18.3 Å². The summed E-state index contributed by atoms with van der Waals surface area (Å²) < 4.78 is 37.5. The van der Waals surface area contributed by atoms with Gasteiger partial charge in [-0.15, -0.1) is 0 Å². The molecule has 1 aliphatic carbocycles. The highest BCUT2D eigenvalue weighted by atomic mass is 19.3. The van der Waals surface area contributed by atoms with E-state index in [9.17, 15) is 13.6 Å². The van der Waals surface area contributed by atoms with E-state index in [1.165, 1.54) is 12.4 Å². The second-order valence-electron chi connectivity index (χ2n) is 9.92. The smallest absolute Gasteiger partial charge is 0.387 e. The Morgan fingerprint density at radius 2 is 1.69 bits per heavy atom. The highest BCUT2D eigenvalue weighted by Crippen LogP contribution is 2.26. The number of rotatable bonds is 10. The summed E-state index contributed by atoms with van der Waals surface area (Å²) in [6.45, 7) is -2.55. The molecule has 1 fully saturated rings. The number of methoxy groups -OCH3 is 1. The molecule has 11 nitrogen and oxygen atoms in total. The fraction of sp³-hybridized carbons (Fsp3) is 0.276. The maximum absolute atomic E-state index is 13.6. The number of alkyl halides is 2. The van der Waals surface area contributed by atoms with Crippen molar-refractivity contribution < 1.29 is 18.3 Å². The van der Waals surface area contributed by atoms with Crippen molar-refractivity contribution in [3.8, 4) is 17.2 Å². The maximum atomic E-state index is 13.6. The van der Waals surface area contributed by atoms with Crippen LogP contribution >= 0.6 is 0 Å². The van der Waals surface area contributed by atoms with Crippen LogP contribution in [0, 0.1) is 0 Å². The first-order valence-corrected chi connectivity index (χ1v) is 13.4. The minimum absolute atomic E-state index is 0.0867. The summed E-state index contributed by atoms with van der Waals surface area (Å²) in [4.78, 5) is 30.8. The van der Waals surface area contributed by atoms with E-state index in [1.54, 1.807) is 34.7 Å². The molecule has 13 heteroatoms. The van der Waals surface area contributed by atoms with Gasteiger partial charge in [-0.1, -0.05) is 12.1 Å². The molecule has 5 aromatic rings. The number of nitrogens with zero attached hydrogens (tertiary/aromatic N) is 6. The lowest BCUT2D eigenvalue weighted by Crippen LogP contribution is -2.24. The van der Waals surface area contributed by atoms with Crippen molar-refractivity contribution in [1.29, 1.82) is 0 Å². The van der Waals surface area contributed by atoms with Crippen molar-refractivity contribution in [1.82, 2.24) is 29.1 Å². The lowest BCUT2D eigenvalue weighted by Gasteiger charge is -2.15. The number of hydrogen-bond donors (Lipinski definition) is 2. The third-order valence-corrected chi connectivity index (χ3v) is 7.16. The van der Waals surface area contributed by atoms with E-state index in [2.05, 4.69) is 35.3 Å². The summed E-state index contributed by atoms with van der Waals surface area (Å²) >= 11 is 0. The van der Waals surface area contributed by atoms with E-state index in [4.69, 9.17) is 4.74 Å². The van der Waals surface area contributed by atoms with E-state index < -0.39 is 6.61 Å². The molecule has 0 radical (unpaired) electrons. The molecule has 0 saturated heterocycles. The van der Waals surface area contributed by atoms with Gasteiger partial charge in [-0.05, 0) is 61.2 Å². The molecule has 2 atom stereocenters. The van der Waals surface area contributed by atoms with Gasteiger partial charge in [0.2, 0.25) is 5.95 Å². The SMILES string of the molecule is COc1ccc(Cn2c(=O)n(-c3ccc(N[C@H]4CC[C@H](Nc5ncc(OC(F)F)cn5)C4)nc3)c3cccnc32)cc1. The van der Waals surface area contributed by atoms with Crippen LogP contribution in [0.15, 0.2) is 78.1 Å². The van der Waals surface area contributed by atoms with Crippen molar-refractivity contribution in [2.45, 2.75) is 44.5 Å². The molecule has 216 valence electrons. The molecule has 0 unspecified atom stereocenters. The van der Waals surface area contributed by atoms with Crippen molar-refractivity contribution in [3.05, 3.63) is 89.4 Å². The Morgan fingerprint density at radius 3 is 2.38 bits per heavy atom. The Hall–Kier alpha value is -5.07. The summed E-state index contributed by atoms with van der Waals surface area (Å²) in [7, 11) is 1.62. The van der Waals surface area contributed by atoms with E-state index in [0.717, 1.165) is 30.6 Å². The number of ether oxygens (including phenoxy) is 2. The molecule has 1 aliphatic rings. The van der Waals surface area contributed by atoms with Gasteiger partial charge in [0.15, 0.2) is 11.4 Å². The quantitative estimate of drug-likeness (QED) is 0.249. The second kappa shape index (κ2) is 11.8. The Balaban J connectivity index is 1.13. The van der Waals surface area contributed by atoms with Gasteiger partial charge in [0.1, 0.15) is 11.6 Å². The van der Waals surface area contributed by atoms with Crippen LogP contribution in [0.1, 0.15) is 24.8 Å². The molecule has 4 aromatic heterocycles. The number of pyridine rings is 2. The monoisotopic (exact) mass is 574 g/mol. The lowest BCUT2D eigenvalue weighted by atomic mass is 10.2. The molecule has 0 bridgehead atoms. The van der Waals surface area contributed by atoms with Crippen LogP contribution in [0.4, 0.5) is 20.5 Å². The van der Waals surface area contributed by atoms with Crippen molar-refractivity contribution in [3.63, 3.8) is 0 Å². The molecule has 0 aliphatic heterocycles. The minimum Gasteiger partial charge on any atom is -0.497 e. The zero-order chi connectivity index (χ0) is 29.1. The molecule has 0 spiro atoms. The standard InChI is InChI=1S/C29H28F2N8O3/c1-41-22-9-4-18(5-10-22)17-38-26-24(3-2-12-32-26)39(29(38)40)21-8-11-25(33-14-21)36-19-6-7-20(13-19)37-28-34-15-23(16-35-28)42-27(30)31/h2-5,8-12,14-16,19-20,27H,6-7,13,17H2,1H3,(H,33,36)(H,34,35,37)/t19-,20-/m0/s1. The van der Waals surface area contributed by atoms with Gasteiger partial charge in [0.05, 0.1) is 43.4 Å². The topological polar surface area (TPSA) is 121 Å². The summed E-state index contributed by atoms with van der Waals surface area (Å²) in [6.07, 6.45) is 8.36. The number of nitrogens with one attached hydrogen (secondary N) is 2. The van der Waals surface area contributed by atoms with Gasteiger partial charge in [-0.2, -0.15) is 8.78 Å². The van der Waals surface area contributed by atoms with Gasteiger partial charge < -0.3 is 20.1 Å². The number of halogens is 2. The second-order valence-corrected chi connectivity index (χ2v) is 9.92. The van der Waals surface area contributed by atoms with Gasteiger partial charge in [-0.3, -0.25) is 9.13 Å². The first-order chi connectivity index (χ1) is 20.5. The number of fused-ring (bicyclic) bond motifs is 1. The van der Waals surface area contributed by atoms with E-state index in [0.29, 0.717) is 35.2 Å². The maximum Gasteiger partial charge on any atom is 0.387 e. The molecule has 2 N–H and O–H groups in total. The molecule has 4 heterocycles. The third kappa shape index (κ3) is 5.85. The molecule has 6 rings (SSSR count). The van der Waals surface area contributed by atoms with E-state index in [-0.39, 0.29) is 23.5 Å². The number of imidazole rings is 1. The molecule has 1 saturated carbocycles. The molecule has 1 aromatic carbocycles. The van der Waals surface area contributed by atoms with Gasteiger partial charge in [-0.25, -0.2) is 24.7 Å². The van der Waals surface area contributed by atoms with Crippen LogP contribution < -0.4 is 25.8 Å². The highest BCUT2D eigenvalue weighted by molar-refractivity contribution is 5.74. The number of aromatic nitrogens is 6. The summed E-state index contributed by atoms with van der Waals surface area (Å²) in [5.74, 6) is 1.72. The number of hydrogen-bond acceptors (Lipinski definition) is 9. The van der Waals surface area contributed by atoms with Crippen LogP contribution in [0.3, 0.4) is 0 Å². The predicted octanol–water partition coefficient (Wildman–Crippen LogP) is 4.48. The predicted molar refractivity (Wildman–Crippen MR) is 153 cm³/mol. The van der Waals surface area contributed by atoms with Gasteiger partial charge >= 0.3 is 12.3 Å². The van der Waals surface area contributed by atoms with Crippen molar-refractivity contribution in [2.24, 2.45) is 0 Å². The average Bonchev–Trinajstić information content (AvgIpc) is 3.55. The number of anilines is 2. The first-order valence-electron chi connectivity index (χ1n) is 13.4. The van der Waals surface area contributed by atoms with Crippen molar-refractivity contribution in [2.75, 3.05) is 17.7 Å². The summed E-state index contributed by atoms with van der Waals surface area (Å²) in [5, 5.41) is 6.69. The summed E-state index contributed by atoms with van der Waals surface area (Å²) in [6, 6.07) is 15.3. The lowest BCUT2D eigenvalue weighted by molar-refractivity contribution is -0.0503. The molecular formula is C29H28F2N8O3. The fourth-order valence-corrected chi connectivity index (χ4v) is 5.18. The Kier molecular flexibility index (Phi) is 7.62. The number of benzene rings is 1. The normalized spacial score (nSPS) is 16.6. The van der Waals surface area contributed by atoms with E-state index >= 15 is 0 Å². The van der Waals surface area contributed by atoms with Crippen LogP contribution in [-0.4, -0.2) is 54.9 Å².